The first kappa shape index (κ1) is 12.1. The molecule has 1 aromatic rings. The summed E-state index contributed by atoms with van der Waals surface area (Å²) in [5.41, 5.74) is 2.38. The Hall–Kier alpha value is -1.40. The third-order valence-electron chi connectivity index (χ3n) is 3.87. The summed E-state index contributed by atoms with van der Waals surface area (Å²) in [4.78, 5) is 14.6. The van der Waals surface area contributed by atoms with Crippen molar-refractivity contribution in [2.45, 2.75) is 51.0 Å². The minimum atomic E-state index is -0.235. The van der Waals surface area contributed by atoms with Crippen LogP contribution in [0.25, 0.3) is 0 Å². The van der Waals surface area contributed by atoms with Gasteiger partial charge in [0.25, 0.3) is 0 Å². The molecule has 0 amide bonds. The van der Waals surface area contributed by atoms with E-state index in [9.17, 15) is 4.79 Å². The lowest BCUT2D eigenvalue weighted by Gasteiger charge is -2.20. The molecular weight excluding hydrogens is 210 g/mol. The second-order valence-electron chi connectivity index (χ2n) is 4.84. The summed E-state index contributed by atoms with van der Waals surface area (Å²) < 4.78 is 0. The van der Waals surface area contributed by atoms with E-state index in [0.717, 1.165) is 25.7 Å². The molecule has 2 rings (SSSR count). The molecule has 17 heavy (non-hydrogen) atoms. The number of rotatable bonds is 5. The van der Waals surface area contributed by atoms with Gasteiger partial charge in [-0.2, -0.15) is 4.99 Å². The Morgan fingerprint density at radius 3 is 2.47 bits per heavy atom. The zero-order chi connectivity index (χ0) is 12.3. The summed E-state index contributed by atoms with van der Waals surface area (Å²) in [6.45, 7) is 4.43. The zero-order valence-electron chi connectivity index (χ0n) is 10.6. The summed E-state index contributed by atoms with van der Waals surface area (Å²) >= 11 is 0. The van der Waals surface area contributed by atoms with E-state index in [1.807, 2.05) is 6.07 Å². The summed E-state index contributed by atoms with van der Waals surface area (Å²) in [5, 5.41) is 0. The summed E-state index contributed by atoms with van der Waals surface area (Å²) in [5.74, 6) is 0.575. The van der Waals surface area contributed by atoms with Crippen LogP contribution < -0.4 is 0 Å². The average Bonchev–Trinajstić information content (AvgIpc) is 3.13. The Labute approximate surface area is 103 Å². The number of nitrogens with zero attached hydrogens (tertiary/aromatic N) is 1. The normalized spacial score (nSPS) is 16.6. The number of benzene rings is 1. The molecule has 2 nitrogen and oxygen atoms in total. The Morgan fingerprint density at radius 1 is 1.29 bits per heavy atom. The average molecular weight is 229 g/mol. The number of aliphatic imine (C=N–C) groups is 1. The molecule has 0 heterocycles. The van der Waals surface area contributed by atoms with Gasteiger partial charge in [-0.3, -0.25) is 0 Å². The van der Waals surface area contributed by atoms with Gasteiger partial charge in [0.15, 0.2) is 0 Å². The lowest BCUT2D eigenvalue weighted by Crippen LogP contribution is -2.09. The molecular formula is C15H19NO. The van der Waals surface area contributed by atoms with Crippen LogP contribution in [0.4, 0.5) is 0 Å². The Bertz CT molecular complexity index is 438. The Kier molecular flexibility index (Phi) is 3.44. The number of isocyanates is 1. The van der Waals surface area contributed by atoms with Crippen LogP contribution in [0.15, 0.2) is 29.3 Å². The molecule has 0 unspecified atom stereocenters. The van der Waals surface area contributed by atoms with Gasteiger partial charge < -0.3 is 0 Å². The molecule has 0 N–H and O–H groups in total. The van der Waals surface area contributed by atoms with E-state index in [2.05, 4.69) is 37.0 Å². The van der Waals surface area contributed by atoms with E-state index in [1.54, 1.807) is 6.08 Å². The summed E-state index contributed by atoms with van der Waals surface area (Å²) in [6, 6.07) is 8.44. The fourth-order valence-electron chi connectivity index (χ4n) is 2.65. The van der Waals surface area contributed by atoms with Gasteiger partial charge in [0.05, 0.1) is 5.54 Å². The van der Waals surface area contributed by atoms with Crippen molar-refractivity contribution < 1.29 is 4.79 Å². The van der Waals surface area contributed by atoms with Crippen molar-refractivity contribution in [3.05, 3.63) is 35.4 Å². The largest absolute Gasteiger partial charge is 0.235 e. The minimum absolute atomic E-state index is 0.235. The van der Waals surface area contributed by atoms with Crippen LogP contribution in [0.5, 0.6) is 0 Å². The van der Waals surface area contributed by atoms with E-state index in [4.69, 9.17) is 0 Å². The SMILES string of the molecule is CCC(CC)c1ccccc1C1(N=C=O)CC1. The molecule has 1 fully saturated rings. The van der Waals surface area contributed by atoms with Crippen LogP contribution in [0, 0.1) is 0 Å². The first-order valence-corrected chi connectivity index (χ1v) is 6.46. The van der Waals surface area contributed by atoms with E-state index >= 15 is 0 Å². The molecule has 0 aliphatic heterocycles. The molecule has 90 valence electrons. The topological polar surface area (TPSA) is 29.4 Å². The van der Waals surface area contributed by atoms with Gasteiger partial charge in [-0.05, 0) is 42.7 Å². The number of carbonyl (C=O) groups excluding carboxylic acids is 1. The predicted molar refractivity (Wildman–Crippen MR) is 68.8 cm³/mol. The van der Waals surface area contributed by atoms with Crippen LogP contribution in [-0.4, -0.2) is 6.08 Å². The third-order valence-corrected chi connectivity index (χ3v) is 3.87. The highest BCUT2D eigenvalue weighted by molar-refractivity contribution is 5.45. The fraction of sp³-hybridized carbons (Fsp3) is 0.533. The van der Waals surface area contributed by atoms with E-state index in [1.165, 1.54) is 11.1 Å². The van der Waals surface area contributed by atoms with E-state index in [0.29, 0.717) is 5.92 Å². The maximum Gasteiger partial charge on any atom is 0.235 e. The van der Waals surface area contributed by atoms with Crippen molar-refractivity contribution in [2.75, 3.05) is 0 Å². The second kappa shape index (κ2) is 4.85. The molecule has 1 aliphatic rings. The van der Waals surface area contributed by atoms with Crippen molar-refractivity contribution in [2.24, 2.45) is 4.99 Å². The van der Waals surface area contributed by atoms with Gasteiger partial charge in [0.1, 0.15) is 0 Å². The molecule has 2 heteroatoms. The quantitative estimate of drug-likeness (QED) is 0.556. The van der Waals surface area contributed by atoms with E-state index < -0.39 is 0 Å². The Morgan fingerprint density at radius 2 is 1.94 bits per heavy atom. The lowest BCUT2D eigenvalue weighted by atomic mass is 9.86. The smallest absolute Gasteiger partial charge is 0.211 e. The molecule has 1 aliphatic carbocycles. The molecule has 0 aromatic heterocycles. The lowest BCUT2D eigenvalue weighted by molar-refractivity contribution is 0.554. The second-order valence-corrected chi connectivity index (χ2v) is 4.84. The van der Waals surface area contributed by atoms with Crippen LogP contribution >= 0.6 is 0 Å². The maximum absolute atomic E-state index is 10.6. The van der Waals surface area contributed by atoms with Crippen LogP contribution in [0.1, 0.15) is 56.6 Å². The van der Waals surface area contributed by atoms with Gasteiger partial charge in [-0.15, -0.1) is 0 Å². The highest BCUT2D eigenvalue weighted by Gasteiger charge is 2.46. The first-order valence-electron chi connectivity index (χ1n) is 6.46. The summed E-state index contributed by atoms with van der Waals surface area (Å²) in [7, 11) is 0. The van der Waals surface area contributed by atoms with Gasteiger partial charge in [-0.25, -0.2) is 4.79 Å². The van der Waals surface area contributed by atoms with Crippen LogP contribution in [0.3, 0.4) is 0 Å². The predicted octanol–water partition coefficient (Wildman–Crippen LogP) is 3.92. The monoisotopic (exact) mass is 229 g/mol. The summed E-state index contributed by atoms with van der Waals surface area (Å²) in [6.07, 6.45) is 5.98. The van der Waals surface area contributed by atoms with Gasteiger partial charge in [0, 0.05) is 0 Å². The minimum Gasteiger partial charge on any atom is -0.211 e. The molecule has 0 radical (unpaired) electrons. The third kappa shape index (κ3) is 2.18. The van der Waals surface area contributed by atoms with E-state index in [-0.39, 0.29) is 5.54 Å². The van der Waals surface area contributed by atoms with Gasteiger partial charge >= 0.3 is 0 Å². The molecule has 0 spiro atoms. The number of hydrogen-bond acceptors (Lipinski definition) is 2. The number of hydrogen-bond donors (Lipinski definition) is 0. The molecule has 1 aromatic carbocycles. The first-order chi connectivity index (χ1) is 8.27. The molecule has 0 bridgehead atoms. The van der Waals surface area contributed by atoms with Gasteiger partial charge in [-0.1, -0.05) is 38.1 Å². The molecule has 1 saturated carbocycles. The molecule has 0 atom stereocenters. The van der Waals surface area contributed by atoms with Crippen molar-refractivity contribution >= 4 is 6.08 Å². The van der Waals surface area contributed by atoms with Crippen molar-refractivity contribution in [1.82, 2.24) is 0 Å². The van der Waals surface area contributed by atoms with Crippen LogP contribution in [0.2, 0.25) is 0 Å². The fourth-order valence-corrected chi connectivity index (χ4v) is 2.65. The Balaban J connectivity index is 2.44. The van der Waals surface area contributed by atoms with Crippen molar-refractivity contribution in [3.8, 4) is 0 Å². The standard InChI is InChI=1S/C15H19NO/c1-3-12(4-2)13-7-5-6-8-14(13)15(9-10-15)16-11-17/h5-8,12H,3-4,9-10H2,1-2H3. The van der Waals surface area contributed by atoms with Crippen molar-refractivity contribution in [3.63, 3.8) is 0 Å². The molecule has 0 saturated heterocycles. The maximum atomic E-state index is 10.6. The highest BCUT2D eigenvalue weighted by Crippen LogP contribution is 2.51. The zero-order valence-corrected chi connectivity index (χ0v) is 10.6. The van der Waals surface area contributed by atoms with Gasteiger partial charge in [0.2, 0.25) is 6.08 Å². The highest BCUT2D eigenvalue weighted by atomic mass is 16.1. The van der Waals surface area contributed by atoms with Crippen molar-refractivity contribution in [1.29, 1.82) is 0 Å². The van der Waals surface area contributed by atoms with Crippen LogP contribution in [-0.2, 0) is 10.3 Å².